The smallest absolute Gasteiger partial charge is 0.220 e. The summed E-state index contributed by atoms with van der Waals surface area (Å²) >= 11 is 0. The van der Waals surface area contributed by atoms with Gasteiger partial charge in [0, 0.05) is 12.5 Å². The van der Waals surface area contributed by atoms with E-state index < -0.39 is 0 Å². The molecular weight excluding hydrogens is 300 g/mol. The van der Waals surface area contributed by atoms with Crippen molar-refractivity contribution in [3.8, 4) is 5.75 Å². The van der Waals surface area contributed by atoms with Gasteiger partial charge in [0.25, 0.3) is 0 Å². The average molecular weight is 327 g/mol. The van der Waals surface area contributed by atoms with Crippen molar-refractivity contribution < 1.29 is 9.53 Å². The summed E-state index contributed by atoms with van der Waals surface area (Å²) in [7, 11) is 1.65. The number of amides is 1. The van der Waals surface area contributed by atoms with Gasteiger partial charge in [-0.3, -0.25) is 4.79 Å². The summed E-state index contributed by atoms with van der Waals surface area (Å²) in [5.41, 5.74) is 7.19. The van der Waals surface area contributed by atoms with E-state index in [0.29, 0.717) is 12.3 Å². The van der Waals surface area contributed by atoms with E-state index in [1.165, 1.54) is 12.8 Å². The van der Waals surface area contributed by atoms with Crippen LogP contribution in [0, 0.1) is 5.92 Å². The highest BCUT2D eigenvalue weighted by Gasteiger charge is 2.24. The number of halogens is 1. The number of carbonyl (C=O) groups excluding carboxylic acids is 1. The molecular formula is C17H27ClN2O2. The second-order valence-corrected chi connectivity index (χ2v) is 5.97. The van der Waals surface area contributed by atoms with Crippen LogP contribution in [0.4, 0.5) is 0 Å². The van der Waals surface area contributed by atoms with E-state index in [2.05, 4.69) is 5.32 Å². The molecule has 124 valence electrons. The standard InChI is InChI=1S/C17H26N2O2.ClH/c1-12(13-7-9-15(21-2)10-8-13)19-17(20)11-14-5-3-4-6-16(14)18;/h7-10,12,14,16H,3-6,11,18H2,1-2H3,(H,19,20);1H. The van der Waals surface area contributed by atoms with Gasteiger partial charge in [0.15, 0.2) is 0 Å². The predicted molar refractivity (Wildman–Crippen MR) is 91.4 cm³/mol. The maximum atomic E-state index is 12.2. The summed E-state index contributed by atoms with van der Waals surface area (Å²) in [6.07, 6.45) is 5.06. The average Bonchev–Trinajstić information content (AvgIpc) is 2.49. The van der Waals surface area contributed by atoms with Crippen molar-refractivity contribution in [2.24, 2.45) is 11.7 Å². The molecule has 1 saturated carbocycles. The molecule has 0 radical (unpaired) electrons. The maximum Gasteiger partial charge on any atom is 0.220 e. The highest BCUT2D eigenvalue weighted by molar-refractivity contribution is 5.85. The number of nitrogens with one attached hydrogen (secondary N) is 1. The third-order valence-electron chi connectivity index (χ3n) is 4.41. The van der Waals surface area contributed by atoms with Gasteiger partial charge in [-0.25, -0.2) is 0 Å². The summed E-state index contributed by atoms with van der Waals surface area (Å²) in [5, 5.41) is 3.07. The Morgan fingerprint density at radius 1 is 1.32 bits per heavy atom. The van der Waals surface area contributed by atoms with Crippen LogP contribution in [-0.2, 0) is 4.79 Å². The van der Waals surface area contributed by atoms with Crippen molar-refractivity contribution in [2.45, 2.75) is 51.1 Å². The van der Waals surface area contributed by atoms with Crippen LogP contribution in [0.1, 0.15) is 50.6 Å². The molecule has 2 rings (SSSR count). The summed E-state index contributed by atoms with van der Waals surface area (Å²) < 4.78 is 5.14. The zero-order valence-corrected chi connectivity index (χ0v) is 14.2. The Bertz CT molecular complexity index is 464. The molecule has 1 fully saturated rings. The molecule has 1 aromatic rings. The molecule has 0 heterocycles. The van der Waals surface area contributed by atoms with Crippen molar-refractivity contribution >= 4 is 18.3 Å². The Balaban J connectivity index is 0.00000242. The molecule has 1 aliphatic carbocycles. The van der Waals surface area contributed by atoms with Gasteiger partial charge in [-0.05, 0) is 43.4 Å². The predicted octanol–water partition coefficient (Wildman–Crippen LogP) is 3.20. The number of hydrogen-bond acceptors (Lipinski definition) is 3. The third kappa shape index (κ3) is 5.18. The summed E-state index contributed by atoms with van der Waals surface area (Å²) in [6.45, 7) is 2.00. The van der Waals surface area contributed by atoms with E-state index in [4.69, 9.17) is 10.5 Å². The molecule has 4 nitrogen and oxygen atoms in total. The molecule has 0 spiro atoms. The molecule has 1 aromatic carbocycles. The van der Waals surface area contributed by atoms with Crippen molar-refractivity contribution in [1.29, 1.82) is 0 Å². The quantitative estimate of drug-likeness (QED) is 0.873. The van der Waals surface area contributed by atoms with E-state index in [0.717, 1.165) is 24.2 Å². The van der Waals surface area contributed by atoms with Gasteiger partial charge in [0.1, 0.15) is 5.75 Å². The molecule has 1 amide bonds. The number of ether oxygens (including phenoxy) is 1. The summed E-state index contributed by atoms with van der Waals surface area (Å²) in [4.78, 5) is 12.2. The Labute approximate surface area is 139 Å². The van der Waals surface area contributed by atoms with E-state index in [1.54, 1.807) is 7.11 Å². The van der Waals surface area contributed by atoms with Gasteiger partial charge in [0.05, 0.1) is 13.2 Å². The third-order valence-corrected chi connectivity index (χ3v) is 4.41. The zero-order valence-electron chi connectivity index (χ0n) is 13.4. The first-order chi connectivity index (χ1) is 10.1. The normalized spacial score (nSPS) is 22.3. The molecule has 0 aliphatic heterocycles. The Morgan fingerprint density at radius 3 is 2.55 bits per heavy atom. The van der Waals surface area contributed by atoms with Crippen LogP contribution in [-0.4, -0.2) is 19.1 Å². The Morgan fingerprint density at radius 2 is 1.95 bits per heavy atom. The molecule has 0 saturated heterocycles. The molecule has 3 N–H and O–H groups in total. The monoisotopic (exact) mass is 326 g/mol. The topological polar surface area (TPSA) is 64.3 Å². The number of hydrogen-bond donors (Lipinski definition) is 2. The maximum absolute atomic E-state index is 12.2. The van der Waals surface area contributed by atoms with E-state index in [-0.39, 0.29) is 30.4 Å². The lowest BCUT2D eigenvalue weighted by molar-refractivity contribution is -0.123. The lowest BCUT2D eigenvalue weighted by Gasteiger charge is -2.28. The van der Waals surface area contributed by atoms with Crippen LogP contribution in [0.15, 0.2) is 24.3 Å². The number of methoxy groups -OCH3 is 1. The van der Waals surface area contributed by atoms with E-state index >= 15 is 0 Å². The molecule has 0 aromatic heterocycles. The fraction of sp³-hybridized carbons (Fsp3) is 0.588. The first kappa shape index (κ1) is 18.8. The van der Waals surface area contributed by atoms with Gasteiger partial charge in [-0.1, -0.05) is 25.0 Å². The van der Waals surface area contributed by atoms with Crippen molar-refractivity contribution in [3.05, 3.63) is 29.8 Å². The van der Waals surface area contributed by atoms with E-state index in [9.17, 15) is 4.79 Å². The van der Waals surface area contributed by atoms with E-state index in [1.807, 2.05) is 31.2 Å². The summed E-state index contributed by atoms with van der Waals surface area (Å²) in [5.74, 6) is 1.26. The van der Waals surface area contributed by atoms with Crippen molar-refractivity contribution in [2.75, 3.05) is 7.11 Å². The second kappa shape index (κ2) is 9.01. The highest BCUT2D eigenvalue weighted by Crippen LogP contribution is 2.26. The summed E-state index contributed by atoms with van der Waals surface area (Å²) in [6, 6.07) is 7.97. The van der Waals surface area contributed by atoms with Crippen LogP contribution in [0.3, 0.4) is 0 Å². The molecule has 0 bridgehead atoms. The van der Waals surface area contributed by atoms with Crippen molar-refractivity contribution in [3.63, 3.8) is 0 Å². The number of benzene rings is 1. The first-order valence-electron chi connectivity index (χ1n) is 7.79. The Hall–Kier alpha value is -1.26. The minimum atomic E-state index is 0. The zero-order chi connectivity index (χ0) is 15.2. The van der Waals surface area contributed by atoms with Gasteiger partial charge < -0.3 is 15.8 Å². The fourth-order valence-electron chi connectivity index (χ4n) is 3.00. The van der Waals surface area contributed by atoms with Gasteiger partial charge >= 0.3 is 0 Å². The second-order valence-electron chi connectivity index (χ2n) is 5.97. The SMILES string of the molecule is COc1ccc(C(C)NC(=O)CC2CCCCC2N)cc1.Cl. The van der Waals surface area contributed by atoms with Crippen molar-refractivity contribution in [1.82, 2.24) is 5.32 Å². The van der Waals surface area contributed by atoms with Gasteiger partial charge in [0.2, 0.25) is 5.91 Å². The van der Waals surface area contributed by atoms with Gasteiger partial charge in [-0.15, -0.1) is 12.4 Å². The fourth-order valence-corrected chi connectivity index (χ4v) is 3.00. The lowest BCUT2D eigenvalue weighted by Crippen LogP contribution is -2.37. The Kier molecular flexibility index (Phi) is 7.69. The number of nitrogens with two attached hydrogens (primary N) is 1. The van der Waals surface area contributed by atoms with Crippen LogP contribution < -0.4 is 15.8 Å². The van der Waals surface area contributed by atoms with Crippen LogP contribution in [0.5, 0.6) is 5.75 Å². The van der Waals surface area contributed by atoms with Crippen LogP contribution >= 0.6 is 12.4 Å². The van der Waals surface area contributed by atoms with Crippen LogP contribution in [0.25, 0.3) is 0 Å². The minimum Gasteiger partial charge on any atom is -0.497 e. The molecule has 5 heteroatoms. The first-order valence-corrected chi connectivity index (χ1v) is 7.79. The number of carbonyl (C=O) groups is 1. The molecule has 22 heavy (non-hydrogen) atoms. The lowest BCUT2D eigenvalue weighted by atomic mass is 9.83. The largest absolute Gasteiger partial charge is 0.497 e. The van der Waals surface area contributed by atoms with Crippen LogP contribution in [0.2, 0.25) is 0 Å². The van der Waals surface area contributed by atoms with Gasteiger partial charge in [-0.2, -0.15) is 0 Å². The number of rotatable bonds is 5. The highest BCUT2D eigenvalue weighted by atomic mass is 35.5. The molecule has 3 atom stereocenters. The molecule has 1 aliphatic rings. The minimum absolute atomic E-state index is 0. The molecule has 3 unspecified atom stereocenters.